The Morgan fingerprint density at radius 1 is 1.06 bits per heavy atom. The highest BCUT2D eigenvalue weighted by Crippen LogP contribution is 2.38. The van der Waals surface area contributed by atoms with Crippen molar-refractivity contribution in [3.8, 4) is 5.75 Å². The fourth-order valence-corrected chi connectivity index (χ4v) is 5.19. The number of halogens is 1. The van der Waals surface area contributed by atoms with Gasteiger partial charge in [-0.3, -0.25) is 4.79 Å². The van der Waals surface area contributed by atoms with Crippen LogP contribution >= 0.6 is 11.6 Å². The van der Waals surface area contributed by atoms with Crippen molar-refractivity contribution in [1.82, 2.24) is 0 Å². The van der Waals surface area contributed by atoms with Crippen LogP contribution in [0, 0.1) is 5.92 Å². The standard InChI is InChI=1S/C23H27ClN2O4S/c24-18-6-11-21(22(13-18)30-15-16-4-2-1-3-5-16)17-12-23(27)26(14-17)19-7-9-20(10-8-19)31(25,28)29/h6-11,13,16-17H,1-5,12,14-15H2,(H2,25,28,29)/t17-/m0/s1. The molecule has 0 radical (unpaired) electrons. The van der Waals surface area contributed by atoms with Crippen LogP contribution in [0.4, 0.5) is 5.69 Å². The van der Waals surface area contributed by atoms with Crippen molar-refractivity contribution in [3.63, 3.8) is 0 Å². The molecule has 1 amide bonds. The van der Waals surface area contributed by atoms with Crippen LogP contribution in [0.25, 0.3) is 0 Å². The summed E-state index contributed by atoms with van der Waals surface area (Å²) < 4.78 is 29.2. The van der Waals surface area contributed by atoms with Gasteiger partial charge in [-0.1, -0.05) is 36.9 Å². The zero-order chi connectivity index (χ0) is 22.0. The smallest absolute Gasteiger partial charge is 0.238 e. The van der Waals surface area contributed by atoms with Gasteiger partial charge in [0.2, 0.25) is 15.9 Å². The molecule has 2 fully saturated rings. The summed E-state index contributed by atoms with van der Waals surface area (Å²) in [6.45, 7) is 1.17. The molecular formula is C23H27ClN2O4S. The second-order valence-electron chi connectivity index (χ2n) is 8.44. The molecule has 1 heterocycles. The summed E-state index contributed by atoms with van der Waals surface area (Å²) >= 11 is 6.23. The van der Waals surface area contributed by atoms with Gasteiger partial charge in [-0.05, 0) is 60.7 Å². The normalized spacial score (nSPS) is 20.3. The van der Waals surface area contributed by atoms with Crippen molar-refractivity contribution in [3.05, 3.63) is 53.1 Å². The zero-order valence-corrected chi connectivity index (χ0v) is 18.9. The molecule has 166 valence electrons. The first-order chi connectivity index (χ1) is 14.8. The number of rotatable bonds is 6. The van der Waals surface area contributed by atoms with E-state index < -0.39 is 10.0 Å². The summed E-state index contributed by atoms with van der Waals surface area (Å²) in [6.07, 6.45) is 6.56. The predicted octanol–water partition coefficient (Wildman–Crippen LogP) is 4.47. The van der Waals surface area contributed by atoms with E-state index in [-0.39, 0.29) is 16.7 Å². The molecule has 2 aromatic rings. The van der Waals surface area contributed by atoms with Gasteiger partial charge in [-0.15, -0.1) is 0 Å². The van der Waals surface area contributed by atoms with Crippen molar-refractivity contribution in [2.24, 2.45) is 11.1 Å². The number of amides is 1. The maximum atomic E-state index is 12.7. The van der Waals surface area contributed by atoms with Gasteiger partial charge in [0, 0.05) is 29.6 Å². The zero-order valence-electron chi connectivity index (χ0n) is 17.3. The molecule has 1 atom stereocenters. The number of nitrogens with zero attached hydrogens (tertiary/aromatic N) is 1. The van der Waals surface area contributed by atoms with Crippen LogP contribution in [0.1, 0.15) is 50.0 Å². The number of hydrogen-bond acceptors (Lipinski definition) is 4. The van der Waals surface area contributed by atoms with Gasteiger partial charge in [-0.2, -0.15) is 0 Å². The number of nitrogens with two attached hydrogens (primary N) is 1. The van der Waals surface area contributed by atoms with Crippen LogP contribution in [0.3, 0.4) is 0 Å². The highest BCUT2D eigenvalue weighted by atomic mass is 35.5. The van der Waals surface area contributed by atoms with Crippen molar-refractivity contribution < 1.29 is 17.9 Å². The number of carbonyl (C=O) groups is 1. The number of benzene rings is 2. The van der Waals surface area contributed by atoms with Crippen molar-refractivity contribution >= 4 is 33.2 Å². The third-order valence-corrected chi connectivity index (χ3v) is 7.38. The summed E-state index contributed by atoms with van der Waals surface area (Å²) in [7, 11) is -3.77. The monoisotopic (exact) mass is 462 g/mol. The molecule has 31 heavy (non-hydrogen) atoms. The Morgan fingerprint density at radius 3 is 2.45 bits per heavy atom. The van der Waals surface area contributed by atoms with Crippen molar-refractivity contribution in [2.75, 3.05) is 18.1 Å². The van der Waals surface area contributed by atoms with E-state index in [1.165, 1.54) is 44.2 Å². The third-order valence-electron chi connectivity index (χ3n) is 6.22. The second kappa shape index (κ2) is 9.18. The maximum absolute atomic E-state index is 12.7. The van der Waals surface area contributed by atoms with Gasteiger partial charge in [0.15, 0.2) is 0 Å². The largest absolute Gasteiger partial charge is 0.493 e. The fraction of sp³-hybridized carbons (Fsp3) is 0.435. The first-order valence-electron chi connectivity index (χ1n) is 10.7. The van der Waals surface area contributed by atoms with Crippen LogP contribution < -0.4 is 14.8 Å². The first-order valence-corrected chi connectivity index (χ1v) is 12.6. The highest BCUT2D eigenvalue weighted by Gasteiger charge is 2.33. The summed E-state index contributed by atoms with van der Waals surface area (Å²) in [5.41, 5.74) is 1.63. The lowest BCUT2D eigenvalue weighted by Crippen LogP contribution is -2.24. The molecule has 2 aliphatic rings. The molecule has 0 spiro atoms. The fourth-order valence-electron chi connectivity index (χ4n) is 4.51. The molecule has 0 aromatic heterocycles. The van der Waals surface area contributed by atoms with Gasteiger partial charge in [0.25, 0.3) is 0 Å². The molecule has 1 saturated carbocycles. The van der Waals surface area contributed by atoms with Crippen molar-refractivity contribution in [1.29, 1.82) is 0 Å². The first kappa shape index (κ1) is 22.1. The Morgan fingerprint density at radius 2 is 1.77 bits per heavy atom. The quantitative estimate of drug-likeness (QED) is 0.685. The number of carbonyl (C=O) groups excluding carboxylic acids is 1. The Balaban J connectivity index is 1.50. The molecule has 2 aromatic carbocycles. The average Bonchev–Trinajstić information content (AvgIpc) is 3.14. The molecule has 8 heteroatoms. The van der Waals surface area contributed by atoms with E-state index in [1.54, 1.807) is 17.0 Å². The summed E-state index contributed by atoms with van der Waals surface area (Å²) in [4.78, 5) is 14.4. The van der Waals surface area contributed by atoms with Crippen LogP contribution in [0.15, 0.2) is 47.4 Å². The lowest BCUT2D eigenvalue weighted by Gasteiger charge is -2.23. The Bertz CT molecular complexity index is 1050. The van der Waals surface area contributed by atoms with Crippen LogP contribution in [0.2, 0.25) is 5.02 Å². The SMILES string of the molecule is NS(=O)(=O)c1ccc(N2C[C@@H](c3ccc(Cl)cc3OCC3CCCCC3)CC2=O)cc1. The minimum Gasteiger partial charge on any atom is -0.493 e. The van der Waals surface area contributed by atoms with Crippen molar-refractivity contribution in [2.45, 2.75) is 49.3 Å². The summed E-state index contributed by atoms with van der Waals surface area (Å²) in [6, 6.07) is 11.7. The minimum atomic E-state index is -3.77. The molecule has 0 unspecified atom stereocenters. The lowest BCUT2D eigenvalue weighted by atomic mass is 9.90. The van der Waals surface area contributed by atoms with E-state index in [0.29, 0.717) is 36.2 Å². The predicted molar refractivity (Wildman–Crippen MR) is 121 cm³/mol. The second-order valence-corrected chi connectivity index (χ2v) is 10.4. The minimum absolute atomic E-state index is 0.0125. The van der Waals surface area contributed by atoms with Gasteiger partial charge in [0.1, 0.15) is 5.75 Å². The van der Waals surface area contributed by atoms with E-state index in [0.717, 1.165) is 11.3 Å². The van der Waals surface area contributed by atoms with E-state index in [2.05, 4.69) is 0 Å². The Labute approximate surface area is 188 Å². The number of primary sulfonamides is 1. The Hall–Kier alpha value is -2.09. The molecular weight excluding hydrogens is 436 g/mol. The summed E-state index contributed by atoms with van der Waals surface area (Å²) in [5.74, 6) is 1.28. The average molecular weight is 463 g/mol. The molecule has 6 nitrogen and oxygen atoms in total. The van der Waals surface area contributed by atoms with Gasteiger partial charge < -0.3 is 9.64 Å². The number of hydrogen-bond donors (Lipinski definition) is 1. The van der Waals surface area contributed by atoms with Gasteiger partial charge >= 0.3 is 0 Å². The molecule has 2 N–H and O–H groups in total. The van der Waals surface area contributed by atoms with E-state index in [9.17, 15) is 13.2 Å². The highest BCUT2D eigenvalue weighted by molar-refractivity contribution is 7.89. The van der Waals surface area contributed by atoms with Crippen LogP contribution in [-0.2, 0) is 14.8 Å². The van der Waals surface area contributed by atoms with E-state index >= 15 is 0 Å². The van der Waals surface area contributed by atoms with Gasteiger partial charge in [-0.25, -0.2) is 13.6 Å². The van der Waals surface area contributed by atoms with E-state index in [1.807, 2.05) is 18.2 Å². The van der Waals surface area contributed by atoms with Crippen LogP contribution in [0.5, 0.6) is 5.75 Å². The molecule has 1 aliphatic carbocycles. The van der Waals surface area contributed by atoms with Crippen LogP contribution in [-0.4, -0.2) is 27.5 Å². The number of ether oxygens (including phenoxy) is 1. The summed E-state index contributed by atoms with van der Waals surface area (Å²) in [5, 5.41) is 5.78. The molecule has 1 aliphatic heterocycles. The van der Waals surface area contributed by atoms with E-state index in [4.69, 9.17) is 21.5 Å². The van der Waals surface area contributed by atoms with Gasteiger partial charge in [0.05, 0.1) is 11.5 Å². The number of anilines is 1. The Kier molecular flexibility index (Phi) is 6.55. The number of sulfonamides is 1. The molecule has 1 saturated heterocycles. The lowest BCUT2D eigenvalue weighted by molar-refractivity contribution is -0.117. The topological polar surface area (TPSA) is 89.7 Å². The third kappa shape index (κ3) is 5.22. The maximum Gasteiger partial charge on any atom is 0.238 e. The molecule has 0 bridgehead atoms. The molecule has 4 rings (SSSR count).